The molecule has 2 radical (unpaired) electrons. The van der Waals surface area contributed by atoms with Crippen LogP contribution in [0.5, 0.6) is 0 Å². The highest BCUT2D eigenvalue weighted by Gasteiger charge is 2.16. The number of halogens is 2. The lowest BCUT2D eigenvalue weighted by Gasteiger charge is -2.15. The molecule has 1 saturated carbocycles. The Morgan fingerprint density at radius 3 is 2.53 bits per heavy atom. The molecule has 0 saturated heterocycles. The van der Waals surface area contributed by atoms with E-state index in [0.29, 0.717) is 33.8 Å². The predicted molar refractivity (Wildman–Crippen MR) is 122 cm³/mol. The molecule has 32 heavy (non-hydrogen) atoms. The third kappa shape index (κ3) is 4.59. The van der Waals surface area contributed by atoms with Gasteiger partial charge in [-0.15, -0.1) is 5.10 Å². The van der Waals surface area contributed by atoms with Gasteiger partial charge in [0.2, 0.25) is 5.95 Å². The smallest absolute Gasteiger partial charge is 0.256 e. The highest BCUT2D eigenvalue weighted by Crippen LogP contribution is 2.26. The summed E-state index contributed by atoms with van der Waals surface area (Å²) in [5, 5.41) is 4.06. The summed E-state index contributed by atoms with van der Waals surface area (Å²) in [6, 6.07) is 5.27. The Bertz CT molecular complexity index is 1230. The van der Waals surface area contributed by atoms with Crippen LogP contribution >= 0.6 is 0 Å². The van der Waals surface area contributed by atoms with E-state index in [4.69, 9.17) is 13.6 Å². The number of imidazole rings is 1. The Morgan fingerprint density at radius 1 is 1.12 bits per heavy atom. The molecule has 4 aromatic rings. The quantitative estimate of drug-likeness (QED) is 0.495. The molecule has 1 fully saturated rings. The van der Waals surface area contributed by atoms with Crippen molar-refractivity contribution < 1.29 is 8.78 Å². The number of hydrogen-bond acceptors (Lipinski definition) is 5. The van der Waals surface area contributed by atoms with Crippen molar-refractivity contribution in [3.8, 4) is 11.3 Å². The maximum absolute atomic E-state index is 12.9. The average molecular weight is 437 g/mol. The van der Waals surface area contributed by atoms with Gasteiger partial charge in [-0.3, -0.25) is 0 Å². The Morgan fingerprint density at radius 2 is 1.88 bits per heavy atom. The number of nitrogens with two attached hydrogens (primary N) is 1. The van der Waals surface area contributed by atoms with Crippen LogP contribution in [0.3, 0.4) is 0 Å². The first-order valence-corrected chi connectivity index (χ1v) is 10.9. The number of nitrogens with zero attached hydrogens (tertiary/aromatic N) is 6. The molecule has 2 N–H and O–H groups in total. The molecule has 1 aliphatic rings. The van der Waals surface area contributed by atoms with Crippen LogP contribution in [-0.4, -0.2) is 43.4 Å². The van der Waals surface area contributed by atoms with Gasteiger partial charge in [0.25, 0.3) is 6.43 Å². The zero-order valence-corrected chi connectivity index (χ0v) is 18.3. The van der Waals surface area contributed by atoms with E-state index in [1.807, 2.05) is 0 Å². The van der Waals surface area contributed by atoms with Crippen LogP contribution in [0, 0.1) is 12.8 Å². The molecule has 1 aliphatic carbocycles. The Balaban J connectivity index is 0.000000300. The number of hydrogen-bond donors (Lipinski definition) is 1. The summed E-state index contributed by atoms with van der Waals surface area (Å²) < 4.78 is 28.6. The molecule has 4 aromatic heterocycles. The van der Waals surface area contributed by atoms with Crippen molar-refractivity contribution in [3.05, 3.63) is 30.2 Å². The number of nitrogen functional groups attached to an aromatic ring is 1. The van der Waals surface area contributed by atoms with Gasteiger partial charge in [0, 0.05) is 17.4 Å². The molecule has 0 aliphatic heterocycles. The molecule has 0 atom stereocenters. The summed E-state index contributed by atoms with van der Waals surface area (Å²) in [6.45, 7) is 3.57. The van der Waals surface area contributed by atoms with E-state index < -0.39 is 13.0 Å². The Labute approximate surface area is 186 Å². The van der Waals surface area contributed by atoms with Crippen molar-refractivity contribution in [1.82, 2.24) is 29.1 Å². The van der Waals surface area contributed by atoms with Gasteiger partial charge in [-0.1, -0.05) is 39.0 Å². The lowest BCUT2D eigenvalue weighted by Crippen LogP contribution is -2.17. The van der Waals surface area contributed by atoms with E-state index >= 15 is 0 Å². The summed E-state index contributed by atoms with van der Waals surface area (Å²) in [5.41, 5.74) is 8.55. The van der Waals surface area contributed by atoms with E-state index in [2.05, 4.69) is 27.0 Å². The summed E-state index contributed by atoms with van der Waals surface area (Å²) >= 11 is 0. The van der Waals surface area contributed by atoms with E-state index in [1.54, 1.807) is 31.3 Å². The molecule has 0 amide bonds. The van der Waals surface area contributed by atoms with Crippen LogP contribution in [0.1, 0.15) is 44.9 Å². The van der Waals surface area contributed by atoms with Gasteiger partial charge in [-0.05, 0) is 31.0 Å². The molecule has 0 bridgehead atoms. The fourth-order valence-electron chi connectivity index (χ4n) is 4.20. The Kier molecular flexibility index (Phi) is 6.39. The summed E-state index contributed by atoms with van der Waals surface area (Å²) in [5.74, 6) is 1.58. The SMILES string of the molecule is CC1CCCCC1.[B]c1nc(N)nn2ccc(-c3ccc4nc(C)n(CC(F)F)c4n3)c12. The second-order valence-electron chi connectivity index (χ2n) is 8.32. The highest BCUT2D eigenvalue weighted by molar-refractivity contribution is 6.36. The van der Waals surface area contributed by atoms with Gasteiger partial charge in [-0.2, -0.15) is 0 Å². The number of pyridine rings is 1. The van der Waals surface area contributed by atoms with Crippen LogP contribution in [0.15, 0.2) is 24.4 Å². The number of alkyl halides is 2. The van der Waals surface area contributed by atoms with Crippen LogP contribution in [0.4, 0.5) is 14.7 Å². The number of aromatic nitrogens is 6. The van der Waals surface area contributed by atoms with Crippen LogP contribution in [-0.2, 0) is 6.54 Å². The third-order valence-electron chi connectivity index (χ3n) is 5.83. The monoisotopic (exact) mass is 437 g/mol. The van der Waals surface area contributed by atoms with Crippen molar-refractivity contribution in [1.29, 1.82) is 0 Å². The molecule has 4 heterocycles. The van der Waals surface area contributed by atoms with Crippen molar-refractivity contribution in [3.63, 3.8) is 0 Å². The topological polar surface area (TPSA) is 86.9 Å². The second-order valence-corrected chi connectivity index (χ2v) is 8.32. The highest BCUT2D eigenvalue weighted by atomic mass is 19.3. The summed E-state index contributed by atoms with van der Waals surface area (Å²) in [6.07, 6.45) is 6.63. The molecule has 0 aromatic carbocycles. The van der Waals surface area contributed by atoms with Gasteiger partial charge < -0.3 is 10.3 Å². The van der Waals surface area contributed by atoms with Crippen molar-refractivity contribution >= 4 is 36.1 Å². The van der Waals surface area contributed by atoms with Gasteiger partial charge >= 0.3 is 0 Å². The predicted octanol–water partition coefficient (Wildman–Crippen LogP) is 3.68. The number of aryl methyl sites for hydroxylation is 1. The first-order valence-electron chi connectivity index (χ1n) is 10.9. The summed E-state index contributed by atoms with van der Waals surface area (Å²) in [7, 11) is 5.96. The minimum Gasteiger partial charge on any atom is -0.367 e. The van der Waals surface area contributed by atoms with Crippen LogP contribution < -0.4 is 11.3 Å². The van der Waals surface area contributed by atoms with E-state index in [9.17, 15) is 8.78 Å². The lowest BCUT2D eigenvalue weighted by molar-refractivity contribution is 0.127. The molecule has 7 nitrogen and oxygen atoms in total. The van der Waals surface area contributed by atoms with Crippen molar-refractivity contribution in [2.75, 3.05) is 5.73 Å². The summed E-state index contributed by atoms with van der Waals surface area (Å²) in [4.78, 5) is 12.8. The van der Waals surface area contributed by atoms with Crippen LogP contribution in [0.25, 0.3) is 27.9 Å². The molecule has 10 heteroatoms. The van der Waals surface area contributed by atoms with Gasteiger partial charge in [0.1, 0.15) is 19.2 Å². The molecular weight excluding hydrogens is 411 g/mol. The Hall–Kier alpha value is -3.04. The first kappa shape index (κ1) is 22.2. The number of fused-ring (bicyclic) bond motifs is 2. The molecule has 5 rings (SSSR count). The van der Waals surface area contributed by atoms with E-state index in [-0.39, 0.29) is 11.5 Å². The lowest BCUT2D eigenvalue weighted by atomic mass is 9.91. The standard InChI is InChI=1S/C15H12BF2N7.C7H14/c1-7-20-10-3-2-9(21-14(10)24(7)6-11(17)18)8-4-5-25-12(8)13(16)22-15(19)23-25;1-7-5-3-2-4-6-7/h2-5,11H,6H2,1H3,(H2,19,23);7H,2-6H2,1H3. The fraction of sp³-hybridized carbons (Fsp3) is 0.455. The molecule has 166 valence electrons. The first-order chi connectivity index (χ1) is 15.3. The minimum absolute atomic E-state index is 0.0567. The van der Waals surface area contributed by atoms with Gasteiger partial charge in [-0.25, -0.2) is 28.2 Å². The zero-order valence-electron chi connectivity index (χ0n) is 18.3. The zero-order chi connectivity index (χ0) is 22.8. The van der Waals surface area contributed by atoms with Crippen LogP contribution in [0.2, 0.25) is 0 Å². The minimum atomic E-state index is -2.50. The van der Waals surface area contributed by atoms with Gasteiger partial charge in [0.15, 0.2) is 5.65 Å². The van der Waals surface area contributed by atoms with E-state index in [1.165, 1.54) is 41.2 Å². The normalized spacial score (nSPS) is 14.8. The molecule has 0 spiro atoms. The largest absolute Gasteiger partial charge is 0.367 e. The number of anilines is 1. The van der Waals surface area contributed by atoms with Gasteiger partial charge in [0.05, 0.1) is 17.8 Å². The number of rotatable bonds is 3. The average Bonchev–Trinajstić information content (AvgIpc) is 3.30. The maximum Gasteiger partial charge on any atom is 0.256 e. The maximum atomic E-state index is 12.9. The van der Waals surface area contributed by atoms with E-state index in [0.717, 1.165) is 5.92 Å². The molecule has 0 unspecified atom stereocenters. The van der Waals surface area contributed by atoms with Crippen molar-refractivity contribution in [2.45, 2.75) is 58.9 Å². The van der Waals surface area contributed by atoms with Crippen molar-refractivity contribution in [2.24, 2.45) is 5.92 Å². The fourth-order valence-corrected chi connectivity index (χ4v) is 4.20. The second kappa shape index (κ2) is 9.22. The third-order valence-corrected chi connectivity index (χ3v) is 5.83. The molecular formula is C22H26BF2N7.